The van der Waals surface area contributed by atoms with Crippen LogP contribution < -0.4 is 16.0 Å². The Morgan fingerprint density at radius 2 is 2.05 bits per heavy atom. The van der Waals surface area contributed by atoms with Crippen molar-refractivity contribution in [3.63, 3.8) is 0 Å². The Kier molecular flexibility index (Phi) is 3.24. The van der Waals surface area contributed by atoms with Crippen molar-refractivity contribution in [2.45, 2.75) is 12.8 Å². The zero-order valence-corrected chi connectivity index (χ0v) is 11.0. The Morgan fingerprint density at radius 3 is 2.75 bits per heavy atom. The highest BCUT2D eigenvalue weighted by molar-refractivity contribution is 6.03. The number of nitrogens with one attached hydrogen (secondary N) is 2. The Hall–Kier alpha value is -2.57. The smallest absolute Gasteiger partial charge is 0.293 e. The first kappa shape index (κ1) is 12.5. The van der Waals surface area contributed by atoms with E-state index in [4.69, 9.17) is 5.73 Å². The van der Waals surface area contributed by atoms with E-state index in [1.54, 1.807) is 0 Å². The summed E-state index contributed by atoms with van der Waals surface area (Å²) in [6, 6.07) is 7.75. The number of H-pyrrole nitrogens is 1. The molecule has 2 heterocycles. The maximum atomic E-state index is 12.1. The highest BCUT2D eigenvalue weighted by Crippen LogP contribution is 2.28. The van der Waals surface area contributed by atoms with Gasteiger partial charge in [0.2, 0.25) is 11.8 Å². The monoisotopic (exact) mass is 272 g/mol. The van der Waals surface area contributed by atoms with Crippen LogP contribution in [0.1, 0.15) is 23.5 Å². The SMILES string of the molecule is Nc1n[nH]c(C(=O)Nc2ccccc2N2CCCC2)n1. The number of benzene rings is 1. The summed E-state index contributed by atoms with van der Waals surface area (Å²) in [4.78, 5) is 18.2. The van der Waals surface area contributed by atoms with E-state index in [-0.39, 0.29) is 17.7 Å². The Morgan fingerprint density at radius 1 is 1.30 bits per heavy atom. The quantitative estimate of drug-likeness (QED) is 0.780. The van der Waals surface area contributed by atoms with Gasteiger partial charge >= 0.3 is 0 Å². The maximum Gasteiger partial charge on any atom is 0.293 e. The van der Waals surface area contributed by atoms with Gasteiger partial charge in [0.05, 0.1) is 11.4 Å². The molecule has 1 fully saturated rings. The third kappa shape index (κ3) is 2.42. The third-order valence-electron chi connectivity index (χ3n) is 3.32. The first-order valence-electron chi connectivity index (χ1n) is 6.57. The molecule has 1 amide bonds. The normalized spacial score (nSPS) is 14.5. The number of amides is 1. The van der Waals surface area contributed by atoms with E-state index in [0.717, 1.165) is 24.5 Å². The summed E-state index contributed by atoms with van der Waals surface area (Å²) in [7, 11) is 0. The number of aromatic amines is 1. The van der Waals surface area contributed by atoms with Crippen LogP contribution in [0.15, 0.2) is 24.3 Å². The zero-order valence-electron chi connectivity index (χ0n) is 11.0. The molecule has 3 rings (SSSR count). The molecule has 1 aliphatic heterocycles. The van der Waals surface area contributed by atoms with Crippen LogP contribution >= 0.6 is 0 Å². The highest BCUT2D eigenvalue weighted by Gasteiger charge is 2.18. The topological polar surface area (TPSA) is 99.9 Å². The van der Waals surface area contributed by atoms with Crippen molar-refractivity contribution in [3.8, 4) is 0 Å². The van der Waals surface area contributed by atoms with Crippen molar-refractivity contribution >= 4 is 23.2 Å². The summed E-state index contributed by atoms with van der Waals surface area (Å²) in [5.74, 6) is -0.178. The molecular formula is C13H16N6O. The van der Waals surface area contributed by atoms with E-state index in [1.807, 2.05) is 24.3 Å². The molecule has 0 aliphatic carbocycles. The number of hydrogen-bond acceptors (Lipinski definition) is 5. The molecular weight excluding hydrogens is 256 g/mol. The minimum Gasteiger partial charge on any atom is -0.370 e. The summed E-state index contributed by atoms with van der Waals surface area (Å²) in [5, 5.41) is 9.00. The van der Waals surface area contributed by atoms with Gasteiger partial charge in [0, 0.05) is 13.1 Å². The number of nitrogens with zero attached hydrogens (tertiary/aromatic N) is 3. The summed E-state index contributed by atoms with van der Waals surface area (Å²) in [6.07, 6.45) is 2.36. The molecule has 104 valence electrons. The van der Waals surface area contributed by atoms with Crippen molar-refractivity contribution in [2.24, 2.45) is 0 Å². The summed E-state index contributed by atoms with van der Waals surface area (Å²) in [5.41, 5.74) is 7.20. The van der Waals surface area contributed by atoms with Crippen molar-refractivity contribution < 1.29 is 4.79 Å². The average Bonchev–Trinajstić information content (AvgIpc) is 3.10. The van der Waals surface area contributed by atoms with Crippen LogP contribution in [0.5, 0.6) is 0 Å². The van der Waals surface area contributed by atoms with E-state index >= 15 is 0 Å². The van der Waals surface area contributed by atoms with Gasteiger partial charge in [0.15, 0.2) is 0 Å². The second kappa shape index (κ2) is 5.20. The van der Waals surface area contributed by atoms with Crippen molar-refractivity contribution in [3.05, 3.63) is 30.1 Å². The van der Waals surface area contributed by atoms with Crippen LogP contribution in [-0.2, 0) is 0 Å². The van der Waals surface area contributed by atoms with Gasteiger partial charge in [-0.2, -0.15) is 4.98 Å². The second-order valence-corrected chi connectivity index (χ2v) is 4.71. The van der Waals surface area contributed by atoms with Gasteiger partial charge in [-0.1, -0.05) is 12.1 Å². The van der Waals surface area contributed by atoms with E-state index in [1.165, 1.54) is 12.8 Å². The lowest BCUT2D eigenvalue weighted by Gasteiger charge is -2.21. The molecule has 0 unspecified atom stereocenters. The molecule has 7 heteroatoms. The van der Waals surface area contributed by atoms with E-state index in [9.17, 15) is 4.79 Å². The molecule has 1 saturated heterocycles. The standard InChI is InChI=1S/C13H16N6O/c14-13-16-11(17-18-13)12(20)15-9-5-1-2-6-10(9)19-7-3-4-8-19/h1-2,5-6H,3-4,7-8H2,(H,15,20)(H3,14,16,17,18). The average molecular weight is 272 g/mol. The number of anilines is 3. The molecule has 1 aromatic carbocycles. The van der Waals surface area contributed by atoms with Gasteiger partial charge in [-0.05, 0) is 25.0 Å². The Balaban J connectivity index is 1.81. The lowest BCUT2D eigenvalue weighted by atomic mass is 10.2. The van der Waals surface area contributed by atoms with Crippen LogP contribution in [0, 0.1) is 0 Å². The first-order chi connectivity index (χ1) is 9.74. The molecule has 2 aromatic rings. The largest absolute Gasteiger partial charge is 0.370 e. The lowest BCUT2D eigenvalue weighted by molar-refractivity contribution is 0.101. The predicted octanol–water partition coefficient (Wildman–Crippen LogP) is 1.24. The van der Waals surface area contributed by atoms with Crippen LogP contribution in [0.25, 0.3) is 0 Å². The fraction of sp³-hybridized carbons (Fsp3) is 0.308. The van der Waals surface area contributed by atoms with Gasteiger partial charge in [0.25, 0.3) is 5.91 Å². The van der Waals surface area contributed by atoms with Gasteiger partial charge in [-0.25, -0.2) is 0 Å². The molecule has 0 saturated carbocycles. The molecule has 20 heavy (non-hydrogen) atoms. The number of carbonyl (C=O) groups excluding carboxylic acids is 1. The number of hydrogen-bond donors (Lipinski definition) is 3. The number of nitrogen functional groups attached to an aromatic ring is 1. The van der Waals surface area contributed by atoms with E-state index in [0.29, 0.717) is 0 Å². The molecule has 7 nitrogen and oxygen atoms in total. The molecule has 0 spiro atoms. The molecule has 1 aromatic heterocycles. The summed E-state index contributed by atoms with van der Waals surface area (Å²) in [6.45, 7) is 2.03. The Labute approximate surface area is 116 Å². The number of para-hydroxylation sites is 2. The van der Waals surface area contributed by atoms with Crippen molar-refractivity contribution in [1.29, 1.82) is 0 Å². The fourth-order valence-corrected chi connectivity index (χ4v) is 2.37. The molecule has 0 radical (unpaired) electrons. The number of nitrogens with two attached hydrogens (primary N) is 1. The molecule has 4 N–H and O–H groups in total. The fourth-order valence-electron chi connectivity index (χ4n) is 2.37. The summed E-state index contributed by atoms with van der Waals surface area (Å²) < 4.78 is 0. The first-order valence-corrected chi connectivity index (χ1v) is 6.57. The van der Waals surface area contributed by atoms with Crippen LogP contribution in [0.3, 0.4) is 0 Å². The van der Waals surface area contributed by atoms with Crippen LogP contribution in [0.2, 0.25) is 0 Å². The summed E-state index contributed by atoms with van der Waals surface area (Å²) >= 11 is 0. The predicted molar refractivity (Wildman–Crippen MR) is 76.6 cm³/mol. The zero-order chi connectivity index (χ0) is 13.9. The molecule has 0 bridgehead atoms. The maximum absolute atomic E-state index is 12.1. The minimum atomic E-state index is -0.346. The minimum absolute atomic E-state index is 0.0583. The van der Waals surface area contributed by atoms with Crippen molar-refractivity contribution in [2.75, 3.05) is 29.0 Å². The molecule has 0 atom stereocenters. The van der Waals surface area contributed by atoms with Gasteiger partial charge in [-0.3, -0.25) is 9.89 Å². The van der Waals surface area contributed by atoms with Gasteiger partial charge in [-0.15, -0.1) is 5.10 Å². The lowest BCUT2D eigenvalue weighted by Crippen LogP contribution is -2.21. The van der Waals surface area contributed by atoms with Gasteiger partial charge < -0.3 is 16.0 Å². The van der Waals surface area contributed by atoms with Crippen LogP contribution in [-0.4, -0.2) is 34.2 Å². The third-order valence-corrected chi connectivity index (χ3v) is 3.32. The number of carbonyl (C=O) groups is 1. The number of aromatic nitrogens is 3. The second-order valence-electron chi connectivity index (χ2n) is 4.71. The number of rotatable bonds is 3. The van der Waals surface area contributed by atoms with Gasteiger partial charge in [0.1, 0.15) is 0 Å². The molecule has 1 aliphatic rings. The van der Waals surface area contributed by atoms with Crippen molar-refractivity contribution in [1.82, 2.24) is 15.2 Å². The van der Waals surface area contributed by atoms with E-state index in [2.05, 4.69) is 25.4 Å². The van der Waals surface area contributed by atoms with E-state index < -0.39 is 0 Å². The highest BCUT2D eigenvalue weighted by atomic mass is 16.2. The Bertz CT molecular complexity index is 617. The van der Waals surface area contributed by atoms with Crippen LogP contribution in [0.4, 0.5) is 17.3 Å².